The fourth-order valence-electron chi connectivity index (χ4n) is 2.88. The molecule has 1 aromatic heterocycles. The normalized spacial score (nSPS) is 11.1. The summed E-state index contributed by atoms with van der Waals surface area (Å²) in [5.74, 6) is 0.429. The first kappa shape index (κ1) is 20.3. The van der Waals surface area contributed by atoms with Gasteiger partial charge in [-0.1, -0.05) is 41.6 Å². The first-order chi connectivity index (χ1) is 14.9. The van der Waals surface area contributed by atoms with Crippen molar-refractivity contribution >= 4 is 27.3 Å². The van der Waals surface area contributed by atoms with Crippen LogP contribution in [0.5, 0.6) is 0 Å². The number of aromatic nitrogens is 2. The van der Waals surface area contributed by atoms with Gasteiger partial charge in [0.1, 0.15) is 0 Å². The Hall–Kier alpha value is -3.98. The highest BCUT2D eigenvalue weighted by atomic mass is 32.2. The van der Waals surface area contributed by atoms with Crippen molar-refractivity contribution in [1.29, 1.82) is 0 Å². The van der Waals surface area contributed by atoms with Gasteiger partial charge in [0.2, 0.25) is 11.7 Å². The van der Waals surface area contributed by atoms with Crippen molar-refractivity contribution in [2.75, 3.05) is 10.0 Å². The number of rotatable bonds is 6. The van der Waals surface area contributed by atoms with Crippen LogP contribution < -0.4 is 10.0 Å². The third kappa shape index (κ3) is 4.78. The molecule has 0 aliphatic carbocycles. The molecule has 0 saturated heterocycles. The molecular formula is C22H18N4O4S. The molecule has 0 unspecified atom stereocenters. The maximum Gasteiger partial charge on any atom is 0.261 e. The number of anilines is 2. The van der Waals surface area contributed by atoms with Crippen molar-refractivity contribution in [3.63, 3.8) is 0 Å². The SMILES string of the molecule is CC(=O)Nc1ccc(NS(=O)(=O)c2cccc(-c3nc(-c4ccccc4)no3)c2)cc1. The number of benzene rings is 3. The monoisotopic (exact) mass is 434 g/mol. The molecule has 0 spiro atoms. The van der Waals surface area contributed by atoms with Gasteiger partial charge in [-0.3, -0.25) is 9.52 Å². The molecule has 0 aliphatic rings. The van der Waals surface area contributed by atoms with E-state index in [0.29, 0.717) is 22.8 Å². The number of nitrogens with zero attached hydrogens (tertiary/aromatic N) is 2. The number of nitrogens with one attached hydrogen (secondary N) is 2. The lowest BCUT2D eigenvalue weighted by Gasteiger charge is -2.09. The van der Waals surface area contributed by atoms with Gasteiger partial charge in [0, 0.05) is 29.4 Å². The van der Waals surface area contributed by atoms with Gasteiger partial charge in [0.15, 0.2) is 0 Å². The summed E-state index contributed by atoms with van der Waals surface area (Å²) in [6, 6.07) is 21.9. The lowest BCUT2D eigenvalue weighted by molar-refractivity contribution is -0.114. The molecule has 0 fully saturated rings. The van der Waals surface area contributed by atoms with Crippen LogP contribution in [0.15, 0.2) is 88.3 Å². The molecular weight excluding hydrogens is 416 g/mol. The van der Waals surface area contributed by atoms with Crippen LogP contribution in [0.4, 0.5) is 11.4 Å². The molecule has 0 bridgehead atoms. The summed E-state index contributed by atoms with van der Waals surface area (Å²) in [4.78, 5) is 15.5. The number of sulfonamides is 1. The van der Waals surface area contributed by atoms with Gasteiger partial charge in [-0.05, 0) is 42.5 Å². The van der Waals surface area contributed by atoms with Crippen LogP contribution in [-0.4, -0.2) is 24.5 Å². The van der Waals surface area contributed by atoms with Gasteiger partial charge in [-0.2, -0.15) is 4.98 Å². The van der Waals surface area contributed by atoms with Gasteiger partial charge in [-0.15, -0.1) is 0 Å². The van der Waals surface area contributed by atoms with Crippen molar-refractivity contribution in [3.05, 3.63) is 78.9 Å². The molecule has 1 heterocycles. The van der Waals surface area contributed by atoms with Gasteiger partial charge >= 0.3 is 0 Å². The second kappa shape index (κ2) is 8.41. The second-order valence-corrected chi connectivity index (χ2v) is 8.36. The zero-order chi connectivity index (χ0) is 21.8. The summed E-state index contributed by atoms with van der Waals surface area (Å²) in [6.45, 7) is 1.40. The van der Waals surface area contributed by atoms with Crippen LogP contribution in [0.2, 0.25) is 0 Å². The minimum Gasteiger partial charge on any atom is -0.334 e. The van der Waals surface area contributed by atoms with E-state index >= 15 is 0 Å². The topological polar surface area (TPSA) is 114 Å². The molecule has 0 radical (unpaired) electrons. The number of carbonyl (C=O) groups is 1. The van der Waals surface area contributed by atoms with E-state index < -0.39 is 10.0 Å². The minimum absolute atomic E-state index is 0.0513. The molecule has 4 aromatic rings. The highest BCUT2D eigenvalue weighted by Crippen LogP contribution is 2.25. The van der Waals surface area contributed by atoms with Crippen molar-refractivity contribution < 1.29 is 17.7 Å². The third-order valence-electron chi connectivity index (χ3n) is 4.31. The zero-order valence-electron chi connectivity index (χ0n) is 16.4. The van der Waals surface area contributed by atoms with E-state index in [0.717, 1.165) is 5.56 Å². The van der Waals surface area contributed by atoms with Crippen LogP contribution in [0.3, 0.4) is 0 Å². The largest absolute Gasteiger partial charge is 0.334 e. The summed E-state index contributed by atoms with van der Waals surface area (Å²) >= 11 is 0. The first-order valence-electron chi connectivity index (χ1n) is 9.31. The summed E-state index contributed by atoms with van der Waals surface area (Å²) in [6.07, 6.45) is 0. The molecule has 156 valence electrons. The number of carbonyl (C=O) groups excluding carboxylic acids is 1. The molecule has 8 nitrogen and oxygen atoms in total. The highest BCUT2D eigenvalue weighted by Gasteiger charge is 2.17. The Morgan fingerprint density at radius 1 is 0.871 bits per heavy atom. The van der Waals surface area contributed by atoms with Gasteiger partial charge in [-0.25, -0.2) is 8.42 Å². The van der Waals surface area contributed by atoms with Gasteiger partial charge in [0.25, 0.3) is 15.9 Å². The molecule has 31 heavy (non-hydrogen) atoms. The molecule has 2 N–H and O–H groups in total. The Bertz CT molecular complexity index is 1320. The first-order valence-corrected chi connectivity index (χ1v) is 10.8. The van der Waals surface area contributed by atoms with Crippen LogP contribution in [0, 0.1) is 0 Å². The third-order valence-corrected chi connectivity index (χ3v) is 5.69. The maximum atomic E-state index is 12.8. The lowest BCUT2D eigenvalue weighted by atomic mass is 10.2. The van der Waals surface area contributed by atoms with Crippen LogP contribution in [-0.2, 0) is 14.8 Å². The molecule has 1 amide bonds. The van der Waals surface area contributed by atoms with E-state index in [-0.39, 0.29) is 16.7 Å². The second-order valence-electron chi connectivity index (χ2n) is 6.68. The Balaban J connectivity index is 1.56. The van der Waals surface area contributed by atoms with E-state index in [4.69, 9.17) is 4.52 Å². The highest BCUT2D eigenvalue weighted by molar-refractivity contribution is 7.92. The average molecular weight is 434 g/mol. The van der Waals surface area contributed by atoms with Crippen molar-refractivity contribution in [2.45, 2.75) is 11.8 Å². The fraction of sp³-hybridized carbons (Fsp3) is 0.0455. The Morgan fingerprint density at radius 3 is 2.26 bits per heavy atom. The smallest absolute Gasteiger partial charge is 0.261 e. The average Bonchev–Trinajstić information content (AvgIpc) is 3.26. The fourth-order valence-corrected chi connectivity index (χ4v) is 3.98. The Kier molecular flexibility index (Phi) is 5.50. The van der Waals surface area contributed by atoms with E-state index in [1.165, 1.54) is 19.1 Å². The lowest BCUT2D eigenvalue weighted by Crippen LogP contribution is -2.13. The molecule has 0 atom stereocenters. The van der Waals surface area contributed by atoms with Crippen LogP contribution in [0.1, 0.15) is 6.92 Å². The summed E-state index contributed by atoms with van der Waals surface area (Å²) in [7, 11) is -3.85. The van der Waals surface area contributed by atoms with Gasteiger partial charge < -0.3 is 9.84 Å². The molecule has 4 rings (SSSR count). The number of hydrogen-bond acceptors (Lipinski definition) is 6. The van der Waals surface area contributed by atoms with E-state index in [2.05, 4.69) is 20.2 Å². The van der Waals surface area contributed by atoms with Crippen molar-refractivity contribution in [2.24, 2.45) is 0 Å². The number of hydrogen-bond donors (Lipinski definition) is 2. The van der Waals surface area contributed by atoms with Crippen molar-refractivity contribution in [3.8, 4) is 22.8 Å². The molecule has 0 saturated carbocycles. The predicted octanol–water partition coefficient (Wildman–Crippen LogP) is 4.16. The van der Waals surface area contributed by atoms with Crippen molar-refractivity contribution in [1.82, 2.24) is 10.1 Å². The standard InChI is InChI=1S/C22H18N4O4S/c1-15(27)23-18-10-12-19(13-11-18)26-31(28,29)20-9-5-8-17(14-20)22-24-21(25-30-22)16-6-3-2-4-7-16/h2-14,26H,1H3,(H,23,27). The quantitative estimate of drug-likeness (QED) is 0.471. The summed E-state index contributed by atoms with van der Waals surface area (Å²) in [5.41, 5.74) is 2.22. The van der Waals surface area contributed by atoms with E-state index in [1.54, 1.807) is 36.4 Å². The van der Waals surface area contributed by atoms with Crippen LogP contribution in [0.25, 0.3) is 22.8 Å². The molecule has 0 aliphatic heterocycles. The number of amides is 1. The Labute approximate surface area is 179 Å². The predicted molar refractivity (Wildman–Crippen MR) is 117 cm³/mol. The van der Waals surface area contributed by atoms with E-state index in [1.807, 2.05) is 30.3 Å². The van der Waals surface area contributed by atoms with Gasteiger partial charge in [0.05, 0.1) is 4.90 Å². The Morgan fingerprint density at radius 2 is 1.55 bits per heavy atom. The minimum atomic E-state index is -3.85. The maximum absolute atomic E-state index is 12.8. The zero-order valence-corrected chi connectivity index (χ0v) is 17.3. The van der Waals surface area contributed by atoms with Crippen LogP contribution >= 0.6 is 0 Å². The molecule has 9 heteroatoms. The summed E-state index contributed by atoms with van der Waals surface area (Å²) < 4.78 is 33.5. The summed E-state index contributed by atoms with van der Waals surface area (Å²) in [5, 5.41) is 6.60. The molecule has 3 aromatic carbocycles. The van der Waals surface area contributed by atoms with E-state index in [9.17, 15) is 13.2 Å².